The molecule has 0 saturated carbocycles. The number of carbonyl (C=O) groups is 1. The summed E-state index contributed by atoms with van der Waals surface area (Å²) in [6.07, 6.45) is 3.51. The second kappa shape index (κ2) is 7.42. The maximum atomic E-state index is 12.3. The molecule has 23 heavy (non-hydrogen) atoms. The van der Waals surface area contributed by atoms with Crippen molar-refractivity contribution in [3.05, 3.63) is 29.8 Å². The fourth-order valence-corrected chi connectivity index (χ4v) is 3.22. The zero-order valence-corrected chi connectivity index (χ0v) is 14.4. The lowest BCUT2D eigenvalue weighted by Crippen LogP contribution is -2.30. The smallest absolute Gasteiger partial charge is 0.238 e. The van der Waals surface area contributed by atoms with Crippen molar-refractivity contribution in [2.75, 3.05) is 13.7 Å². The van der Waals surface area contributed by atoms with Crippen LogP contribution in [-0.4, -0.2) is 39.0 Å². The van der Waals surface area contributed by atoms with E-state index in [0.29, 0.717) is 6.42 Å². The molecule has 0 radical (unpaired) electrons. The zero-order valence-electron chi connectivity index (χ0n) is 13.6. The molecule has 0 aromatic heterocycles. The lowest BCUT2D eigenvalue weighted by molar-refractivity contribution is -0.132. The van der Waals surface area contributed by atoms with E-state index in [1.807, 2.05) is 6.92 Å². The minimum Gasteiger partial charge on any atom is -0.378 e. The van der Waals surface area contributed by atoms with E-state index in [-0.39, 0.29) is 22.9 Å². The third-order valence-electron chi connectivity index (χ3n) is 4.37. The molecule has 1 aliphatic rings. The summed E-state index contributed by atoms with van der Waals surface area (Å²) in [5, 5.41) is 5.09. The van der Waals surface area contributed by atoms with Crippen LogP contribution in [0.15, 0.2) is 29.2 Å². The quantitative estimate of drug-likeness (QED) is 0.855. The Balaban J connectivity index is 1.95. The normalized spacial score (nSPS) is 19.5. The van der Waals surface area contributed by atoms with Crippen LogP contribution in [0.1, 0.15) is 44.2 Å². The standard InChI is InChI=1S/C16H24N2O4S/c1-12(13-5-8-15(9-6-13)23(17,20)21)18(2)16(19)10-7-14-4-3-11-22-14/h5-6,8-9,12,14H,3-4,7,10-11H2,1-2H3,(H2,17,20,21). The molecule has 6 nitrogen and oxygen atoms in total. The number of amides is 1. The van der Waals surface area contributed by atoms with E-state index in [4.69, 9.17) is 9.88 Å². The average Bonchev–Trinajstić information content (AvgIpc) is 3.04. The first kappa shape index (κ1) is 17.9. The number of primary sulfonamides is 1. The minimum atomic E-state index is -3.69. The summed E-state index contributed by atoms with van der Waals surface area (Å²) >= 11 is 0. The van der Waals surface area contributed by atoms with Gasteiger partial charge in [-0.05, 0) is 43.9 Å². The molecule has 1 saturated heterocycles. The number of hydrogen-bond acceptors (Lipinski definition) is 4. The number of sulfonamides is 1. The van der Waals surface area contributed by atoms with Crippen LogP contribution < -0.4 is 5.14 Å². The van der Waals surface area contributed by atoms with Crippen LogP contribution in [0, 0.1) is 0 Å². The summed E-state index contributed by atoms with van der Waals surface area (Å²) in [5.41, 5.74) is 0.866. The minimum absolute atomic E-state index is 0.0588. The monoisotopic (exact) mass is 340 g/mol. The Hall–Kier alpha value is -1.44. The first-order chi connectivity index (χ1) is 10.8. The molecule has 7 heteroatoms. The molecule has 0 spiro atoms. The summed E-state index contributed by atoms with van der Waals surface area (Å²) in [7, 11) is -1.93. The molecule has 1 aromatic carbocycles. The molecule has 128 valence electrons. The number of nitrogens with zero attached hydrogens (tertiary/aromatic N) is 1. The van der Waals surface area contributed by atoms with Gasteiger partial charge in [0.15, 0.2) is 0 Å². The number of carbonyl (C=O) groups excluding carboxylic acids is 1. The molecule has 2 unspecified atom stereocenters. The topological polar surface area (TPSA) is 89.7 Å². The van der Waals surface area contributed by atoms with E-state index in [0.717, 1.165) is 31.4 Å². The van der Waals surface area contributed by atoms with Gasteiger partial charge in [0.1, 0.15) is 0 Å². The van der Waals surface area contributed by atoms with Crippen molar-refractivity contribution in [2.45, 2.75) is 49.6 Å². The zero-order chi connectivity index (χ0) is 17.0. The van der Waals surface area contributed by atoms with Gasteiger partial charge in [-0.15, -0.1) is 0 Å². The fourth-order valence-electron chi connectivity index (χ4n) is 2.71. The van der Waals surface area contributed by atoms with E-state index in [9.17, 15) is 13.2 Å². The van der Waals surface area contributed by atoms with Crippen LogP contribution in [0.5, 0.6) is 0 Å². The highest BCUT2D eigenvalue weighted by Gasteiger charge is 2.21. The molecule has 1 aromatic rings. The molecule has 1 amide bonds. The summed E-state index contributed by atoms with van der Waals surface area (Å²) in [6, 6.07) is 6.17. The Morgan fingerprint density at radius 3 is 2.57 bits per heavy atom. The van der Waals surface area contributed by atoms with Crippen molar-refractivity contribution >= 4 is 15.9 Å². The second-order valence-corrected chi connectivity index (χ2v) is 7.53. The van der Waals surface area contributed by atoms with Gasteiger partial charge < -0.3 is 9.64 Å². The molecule has 2 rings (SSSR count). The Morgan fingerprint density at radius 2 is 2.04 bits per heavy atom. The number of benzene rings is 1. The predicted molar refractivity (Wildman–Crippen MR) is 87.2 cm³/mol. The highest BCUT2D eigenvalue weighted by Crippen LogP contribution is 2.23. The molecular formula is C16H24N2O4S. The van der Waals surface area contributed by atoms with Crippen molar-refractivity contribution in [3.8, 4) is 0 Å². The van der Waals surface area contributed by atoms with Crippen LogP contribution in [0.2, 0.25) is 0 Å². The third kappa shape index (κ3) is 4.76. The average molecular weight is 340 g/mol. The second-order valence-electron chi connectivity index (χ2n) is 5.97. The first-order valence-corrected chi connectivity index (χ1v) is 9.33. The van der Waals surface area contributed by atoms with Crippen molar-refractivity contribution in [3.63, 3.8) is 0 Å². The summed E-state index contributed by atoms with van der Waals surface area (Å²) in [6.45, 7) is 2.71. The van der Waals surface area contributed by atoms with Gasteiger partial charge in [0.25, 0.3) is 0 Å². The third-order valence-corrected chi connectivity index (χ3v) is 5.30. The highest BCUT2D eigenvalue weighted by atomic mass is 32.2. The Morgan fingerprint density at radius 1 is 1.39 bits per heavy atom. The molecule has 0 bridgehead atoms. The molecule has 2 atom stereocenters. The van der Waals surface area contributed by atoms with Crippen molar-refractivity contribution in [1.82, 2.24) is 4.90 Å². The van der Waals surface area contributed by atoms with E-state index < -0.39 is 10.0 Å². The number of nitrogens with two attached hydrogens (primary N) is 1. The Bertz CT molecular complexity index is 637. The largest absolute Gasteiger partial charge is 0.378 e. The predicted octanol–water partition coefficient (Wildman–Crippen LogP) is 1.81. The maximum absolute atomic E-state index is 12.3. The van der Waals surface area contributed by atoms with Crippen LogP contribution in [0.25, 0.3) is 0 Å². The van der Waals surface area contributed by atoms with E-state index >= 15 is 0 Å². The maximum Gasteiger partial charge on any atom is 0.238 e. The van der Waals surface area contributed by atoms with Crippen molar-refractivity contribution in [2.24, 2.45) is 5.14 Å². The highest BCUT2D eigenvalue weighted by molar-refractivity contribution is 7.89. The number of ether oxygens (including phenoxy) is 1. The first-order valence-electron chi connectivity index (χ1n) is 7.79. The van der Waals surface area contributed by atoms with Crippen LogP contribution in [0.3, 0.4) is 0 Å². The molecule has 0 aliphatic carbocycles. The summed E-state index contributed by atoms with van der Waals surface area (Å²) in [5.74, 6) is 0.0588. The van der Waals surface area contributed by atoms with Gasteiger partial charge in [-0.2, -0.15) is 0 Å². The van der Waals surface area contributed by atoms with Gasteiger partial charge in [-0.3, -0.25) is 4.79 Å². The van der Waals surface area contributed by atoms with Gasteiger partial charge in [-0.1, -0.05) is 12.1 Å². The van der Waals surface area contributed by atoms with Gasteiger partial charge in [0.2, 0.25) is 15.9 Å². The lowest BCUT2D eigenvalue weighted by atomic mass is 10.1. The van der Waals surface area contributed by atoms with Gasteiger partial charge in [0, 0.05) is 20.1 Å². The molecular weight excluding hydrogens is 316 g/mol. The van der Waals surface area contributed by atoms with Gasteiger partial charge >= 0.3 is 0 Å². The van der Waals surface area contributed by atoms with Gasteiger partial charge in [0.05, 0.1) is 17.0 Å². The van der Waals surface area contributed by atoms with Gasteiger partial charge in [-0.25, -0.2) is 13.6 Å². The van der Waals surface area contributed by atoms with Crippen LogP contribution >= 0.6 is 0 Å². The van der Waals surface area contributed by atoms with Crippen molar-refractivity contribution in [1.29, 1.82) is 0 Å². The van der Waals surface area contributed by atoms with E-state index in [1.165, 1.54) is 12.1 Å². The van der Waals surface area contributed by atoms with Crippen LogP contribution in [-0.2, 0) is 19.6 Å². The Labute approximate surface area is 137 Å². The van der Waals surface area contributed by atoms with Crippen LogP contribution in [0.4, 0.5) is 0 Å². The molecule has 1 aliphatic heterocycles. The molecule has 1 heterocycles. The fraction of sp³-hybridized carbons (Fsp3) is 0.562. The molecule has 2 N–H and O–H groups in total. The number of hydrogen-bond donors (Lipinski definition) is 1. The Kier molecular flexibility index (Phi) is 5.78. The van der Waals surface area contributed by atoms with Crippen molar-refractivity contribution < 1.29 is 17.9 Å². The lowest BCUT2D eigenvalue weighted by Gasteiger charge is -2.26. The van der Waals surface area contributed by atoms with E-state index in [1.54, 1.807) is 24.1 Å². The number of rotatable bonds is 6. The summed E-state index contributed by atoms with van der Waals surface area (Å²) < 4.78 is 28.1. The summed E-state index contributed by atoms with van der Waals surface area (Å²) in [4.78, 5) is 14.0. The SMILES string of the molecule is CC(c1ccc(S(N)(=O)=O)cc1)N(C)C(=O)CCC1CCCO1. The van der Waals surface area contributed by atoms with E-state index in [2.05, 4.69) is 0 Å². The molecule has 1 fully saturated rings.